The van der Waals surface area contributed by atoms with Gasteiger partial charge in [0.05, 0.1) is 22.3 Å². The Morgan fingerprint density at radius 2 is 1.26 bits per heavy atom. The molecule has 0 bridgehead atoms. The first kappa shape index (κ1) is 15.8. The molecule has 0 unspecified atom stereocenters. The Labute approximate surface area is 126 Å². The second-order valence-corrected chi connectivity index (χ2v) is 4.49. The number of fused-ring (bicyclic) bond motifs is 1. The Balaban J connectivity index is 3.12. The first-order valence-electron chi connectivity index (χ1n) is 5.92. The Morgan fingerprint density at radius 1 is 0.696 bits per heavy atom. The highest BCUT2D eigenvalue weighted by atomic mass is 16.4. The van der Waals surface area contributed by atoms with Crippen LogP contribution in [-0.2, 0) is 0 Å². The summed E-state index contributed by atoms with van der Waals surface area (Å²) in [6, 6.07) is 2.50. The molecule has 5 N–H and O–H groups in total. The number of hydrogen-bond acceptors (Lipinski definition) is 5. The smallest absolute Gasteiger partial charge is 0.337 e. The van der Waals surface area contributed by atoms with Crippen LogP contribution in [0.1, 0.15) is 41.4 Å². The molecule has 2 rings (SSSR count). The molecule has 0 radical (unpaired) electrons. The zero-order valence-corrected chi connectivity index (χ0v) is 11.1. The van der Waals surface area contributed by atoms with Crippen molar-refractivity contribution >= 4 is 34.6 Å². The fourth-order valence-electron chi connectivity index (χ4n) is 2.25. The second-order valence-electron chi connectivity index (χ2n) is 4.49. The topological polar surface area (TPSA) is 169 Å². The van der Waals surface area contributed by atoms with E-state index in [2.05, 4.69) is 0 Å². The zero-order valence-electron chi connectivity index (χ0n) is 11.1. The summed E-state index contributed by atoms with van der Waals surface area (Å²) in [6.45, 7) is 0. The average molecular weight is 320 g/mol. The highest BCUT2D eigenvalue weighted by molar-refractivity contribution is 6.18. The van der Waals surface area contributed by atoms with Gasteiger partial charge in [0, 0.05) is 5.39 Å². The Hall–Kier alpha value is -3.62. The predicted molar refractivity (Wildman–Crippen MR) is 73.5 cm³/mol. The molecule has 2 aromatic carbocycles. The fraction of sp³-hybridized carbons (Fsp3) is 0. The lowest BCUT2D eigenvalue weighted by Crippen LogP contribution is -2.15. The molecule has 0 saturated carbocycles. The highest BCUT2D eigenvalue weighted by Crippen LogP contribution is 2.34. The van der Waals surface area contributed by atoms with E-state index in [1.54, 1.807) is 0 Å². The highest BCUT2D eigenvalue weighted by Gasteiger charge is 2.28. The van der Waals surface area contributed by atoms with Gasteiger partial charge in [-0.15, -0.1) is 0 Å². The van der Waals surface area contributed by atoms with E-state index in [1.807, 2.05) is 0 Å². The monoisotopic (exact) mass is 320 g/mol. The molecular weight excluding hydrogens is 312 g/mol. The van der Waals surface area contributed by atoms with Crippen LogP contribution < -0.4 is 0 Å². The molecule has 0 atom stereocenters. The zero-order chi connectivity index (χ0) is 17.5. The van der Waals surface area contributed by atoms with Crippen molar-refractivity contribution in [1.29, 1.82) is 0 Å². The van der Waals surface area contributed by atoms with Gasteiger partial charge in [-0.25, -0.2) is 19.2 Å². The van der Waals surface area contributed by atoms with E-state index in [4.69, 9.17) is 15.3 Å². The van der Waals surface area contributed by atoms with Crippen molar-refractivity contribution in [2.24, 2.45) is 0 Å². The van der Waals surface area contributed by atoms with Crippen molar-refractivity contribution in [2.75, 3.05) is 0 Å². The van der Waals surface area contributed by atoms with E-state index in [-0.39, 0.29) is 5.39 Å². The number of aromatic hydroxyl groups is 1. The molecule has 118 valence electrons. The summed E-state index contributed by atoms with van der Waals surface area (Å²) in [7, 11) is 0. The van der Waals surface area contributed by atoms with E-state index in [0.717, 1.165) is 18.2 Å². The van der Waals surface area contributed by atoms with Gasteiger partial charge in [-0.3, -0.25) is 0 Å². The fourth-order valence-corrected chi connectivity index (χ4v) is 2.25. The number of aromatic carboxylic acids is 4. The van der Waals surface area contributed by atoms with E-state index in [0.29, 0.717) is 0 Å². The number of carboxylic acids is 4. The van der Waals surface area contributed by atoms with Gasteiger partial charge in [-0.05, 0) is 23.6 Å². The molecule has 9 heteroatoms. The Bertz CT molecular complexity index is 895. The third kappa shape index (κ3) is 2.50. The molecule has 23 heavy (non-hydrogen) atoms. The van der Waals surface area contributed by atoms with Gasteiger partial charge in [-0.2, -0.15) is 0 Å². The Morgan fingerprint density at radius 3 is 1.70 bits per heavy atom. The van der Waals surface area contributed by atoms with Gasteiger partial charge in [0.25, 0.3) is 0 Å². The minimum atomic E-state index is -1.80. The van der Waals surface area contributed by atoms with Gasteiger partial charge in [-0.1, -0.05) is 0 Å². The van der Waals surface area contributed by atoms with Gasteiger partial charge in [0.15, 0.2) is 0 Å². The average Bonchev–Trinajstić information content (AvgIpc) is 2.44. The number of phenols is 1. The molecule has 0 aromatic heterocycles. The van der Waals surface area contributed by atoms with Crippen LogP contribution in [0.25, 0.3) is 10.8 Å². The van der Waals surface area contributed by atoms with Crippen molar-refractivity contribution in [2.45, 2.75) is 0 Å². The summed E-state index contributed by atoms with van der Waals surface area (Å²) in [4.78, 5) is 44.9. The van der Waals surface area contributed by atoms with Crippen LogP contribution >= 0.6 is 0 Å². The second kappa shape index (κ2) is 5.30. The summed E-state index contributed by atoms with van der Waals surface area (Å²) in [5, 5.41) is 45.6. The van der Waals surface area contributed by atoms with Crippen molar-refractivity contribution in [1.82, 2.24) is 0 Å². The van der Waals surface area contributed by atoms with Crippen LogP contribution in [0.3, 0.4) is 0 Å². The van der Waals surface area contributed by atoms with Gasteiger partial charge < -0.3 is 25.5 Å². The molecule has 9 nitrogen and oxygen atoms in total. The number of phenolic OH excluding ortho intramolecular Hbond substituents is 1. The van der Waals surface area contributed by atoms with Gasteiger partial charge in [0.1, 0.15) is 5.75 Å². The van der Waals surface area contributed by atoms with E-state index in [1.165, 1.54) is 0 Å². The summed E-state index contributed by atoms with van der Waals surface area (Å²) in [6.07, 6.45) is 0. The van der Waals surface area contributed by atoms with Crippen LogP contribution in [0.15, 0.2) is 18.2 Å². The number of benzene rings is 2. The Kier molecular flexibility index (Phi) is 3.63. The van der Waals surface area contributed by atoms with Crippen LogP contribution in [0, 0.1) is 0 Å². The maximum atomic E-state index is 11.4. The van der Waals surface area contributed by atoms with Crippen molar-refractivity contribution in [3.8, 4) is 5.75 Å². The summed E-state index contributed by atoms with van der Waals surface area (Å²) in [5.74, 6) is -7.49. The summed E-state index contributed by atoms with van der Waals surface area (Å²) >= 11 is 0. The molecule has 0 spiro atoms. The maximum absolute atomic E-state index is 11.4. The SMILES string of the molecule is O=C(O)c1cc(O)c2c(C(=O)O)c(C(=O)O)c(C(=O)O)cc2c1. The molecule has 2 aromatic rings. The lowest BCUT2D eigenvalue weighted by molar-refractivity contribution is 0.0634. The third-order valence-electron chi connectivity index (χ3n) is 3.12. The molecule has 0 saturated heterocycles. The number of carboxylic acid groups (broad SMARTS) is 4. The third-order valence-corrected chi connectivity index (χ3v) is 3.12. The number of carbonyl (C=O) groups is 4. The van der Waals surface area contributed by atoms with Gasteiger partial charge >= 0.3 is 23.9 Å². The number of rotatable bonds is 4. The van der Waals surface area contributed by atoms with Crippen LogP contribution in [0.5, 0.6) is 5.75 Å². The van der Waals surface area contributed by atoms with E-state index < -0.39 is 57.3 Å². The first-order chi connectivity index (χ1) is 10.6. The lowest BCUT2D eigenvalue weighted by atomic mass is 9.92. The number of hydrogen-bond donors (Lipinski definition) is 5. The van der Waals surface area contributed by atoms with Crippen molar-refractivity contribution in [3.63, 3.8) is 0 Å². The minimum Gasteiger partial charge on any atom is -0.507 e. The van der Waals surface area contributed by atoms with E-state index in [9.17, 15) is 29.4 Å². The van der Waals surface area contributed by atoms with Crippen LogP contribution in [0.2, 0.25) is 0 Å². The molecule has 0 aliphatic heterocycles. The quantitative estimate of drug-likeness (QED) is 0.557. The van der Waals surface area contributed by atoms with E-state index >= 15 is 0 Å². The first-order valence-corrected chi connectivity index (χ1v) is 5.92. The predicted octanol–water partition coefficient (Wildman–Crippen LogP) is 1.34. The van der Waals surface area contributed by atoms with Crippen LogP contribution in [0.4, 0.5) is 0 Å². The molecule has 0 aliphatic rings. The molecule has 0 amide bonds. The standard InChI is InChI=1S/C14H8O9/c15-7-3-5(11(16)17)1-4-2-6(12(18)19)9(13(20)21)10(8(4)7)14(22)23/h1-3,15H,(H,16,17)(H,18,19)(H,20,21)(H,22,23). The van der Waals surface area contributed by atoms with Crippen molar-refractivity contribution < 1.29 is 44.7 Å². The van der Waals surface area contributed by atoms with Crippen molar-refractivity contribution in [3.05, 3.63) is 40.5 Å². The van der Waals surface area contributed by atoms with Crippen LogP contribution in [-0.4, -0.2) is 49.4 Å². The largest absolute Gasteiger partial charge is 0.507 e. The minimum absolute atomic E-state index is 0.220. The molecule has 0 fully saturated rings. The normalized spacial score (nSPS) is 10.4. The maximum Gasteiger partial charge on any atom is 0.337 e. The summed E-state index contributed by atoms with van der Waals surface area (Å²) < 4.78 is 0. The molecule has 0 aliphatic carbocycles. The van der Waals surface area contributed by atoms with Gasteiger partial charge in [0.2, 0.25) is 0 Å². The summed E-state index contributed by atoms with van der Waals surface area (Å²) in [5.41, 5.74) is -3.17. The molecule has 0 heterocycles. The molecular formula is C14H8O9. The lowest BCUT2D eigenvalue weighted by Gasteiger charge is -2.12.